The minimum atomic E-state index is -0.103. The molecule has 1 amide bonds. The van der Waals surface area contributed by atoms with Crippen LogP contribution in [-0.4, -0.2) is 61.5 Å². The average Bonchev–Trinajstić information content (AvgIpc) is 2.57. The van der Waals surface area contributed by atoms with Crippen molar-refractivity contribution in [3.8, 4) is 0 Å². The third kappa shape index (κ3) is 6.32. The van der Waals surface area contributed by atoms with E-state index in [1.807, 2.05) is 18.2 Å². The van der Waals surface area contributed by atoms with Gasteiger partial charge in [0, 0.05) is 33.6 Å². The number of likely N-dealkylation sites (tertiary alicyclic amines) is 1. The van der Waals surface area contributed by atoms with E-state index < -0.39 is 0 Å². The normalized spacial score (nSPS) is 15.9. The Hall–Kier alpha value is -1.88. The second-order valence-electron chi connectivity index (χ2n) is 6.59. The van der Waals surface area contributed by atoms with Gasteiger partial charge in [-0.2, -0.15) is 0 Å². The third-order valence-electron chi connectivity index (χ3n) is 4.38. The minimum absolute atomic E-state index is 0.0000616. The predicted octanol–water partition coefficient (Wildman–Crippen LogP) is 2.11. The second-order valence-corrected chi connectivity index (χ2v) is 6.59. The Balaban J connectivity index is 1.61. The molecule has 1 fully saturated rings. The van der Waals surface area contributed by atoms with Crippen molar-refractivity contribution < 1.29 is 14.3 Å². The van der Waals surface area contributed by atoms with Crippen LogP contribution in [0.3, 0.4) is 0 Å². The van der Waals surface area contributed by atoms with E-state index in [-0.39, 0.29) is 18.0 Å². The van der Waals surface area contributed by atoms with Crippen molar-refractivity contribution in [2.24, 2.45) is 0 Å². The summed E-state index contributed by atoms with van der Waals surface area (Å²) in [4.78, 5) is 27.4. The van der Waals surface area contributed by atoms with Crippen LogP contribution in [0.2, 0.25) is 0 Å². The maximum absolute atomic E-state index is 12.0. The van der Waals surface area contributed by atoms with Crippen LogP contribution >= 0.6 is 0 Å². The van der Waals surface area contributed by atoms with Gasteiger partial charge in [0.05, 0.1) is 6.54 Å². The van der Waals surface area contributed by atoms with Crippen molar-refractivity contribution in [1.82, 2.24) is 9.80 Å². The number of nitrogens with zero attached hydrogens (tertiary/aromatic N) is 2. The summed E-state index contributed by atoms with van der Waals surface area (Å²) < 4.78 is 5.57. The first-order chi connectivity index (χ1) is 11.5. The number of piperidine rings is 1. The fourth-order valence-corrected chi connectivity index (χ4v) is 2.84. The van der Waals surface area contributed by atoms with Crippen LogP contribution in [0, 0.1) is 0 Å². The van der Waals surface area contributed by atoms with Crippen molar-refractivity contribution in [1.29, 1.82) is 0 Å². The van der Waals surface area contributed by atoms with Crippen LogP contribution in [0.5, 0.6) is 0 Å². The number of ether oxygens (including phenoxy) is 1. The van der Waals surface area contributed by atoms with Gasteiger partial charge in [0.2, 0.25) is 5.91 Å². The van der Waals surface area contributed by atoms with Crippen LogP contribution in [0.15, 0.2) is 30.3 Å². The Bertz CT molecular complexity index is 523. The van der Waals surface area contributed by atoms with Crippen LogP contribution < -0.4 is 0 Å². The molecule has 132 valence electrons. The lowest BCUT2D eigenvalue weighted by molar-refractivity contribution is -0.151. The lowest BCUT2D eigenvalue weighted by atomic mass is 10.1. The van der Waals surface area contributed by atoms with E-state index >= 15 is 0 Å². The quantitative estimate of drug-likeness (QED) is 0.718. The molecule has 5 heteroatoms. The Morgan fingerprint density at radius 3 is 2.46 bits per heavy atom. The summed E-state index contributed by atoms with van der Waals surface area (Å²) in [6.07, 6.45) is 3.81. The summed E-state index contributed by atoms with van der Waals surface area (Å²) >= 11 is 0. The highest BCUT2D eigenvalue weighted by molar-refractivity contribution is 5.77. The van der Waals surface area contributed by atoms with Gasteiger partial charge in [0.15, 0.2) is 0 Å². The maximum atomic E-state index is 12.0. The Labute approximate surface area is 144 Å². The highest BCUT2D eigenvalue weighted by Crippen LogP contribution is 2.15. The standard InChI is InChI=1S/C19H28N2O3/c1-20(2)18(22)15-21-13-11-17(12-14-21)24-19(23)10-6-9-16-7-4-3-5-8-16/h3-5,7-8,17H,6,9-15H2,1-2H3. The molecule has 0 aromatic heterocycles. The summed E-state index contributed by atoms with van der Waals surface area (Å²) in [6, 6.07) is 10.2. The zero-order valence-corrected chi connectivity index (χ0v) is 14.7. The molecule has 0 spiro atoms. The fraction of sp³-hybridized carbons (Fsp3) is 0.579. The molecule has 5 nitrogen and oxygen atoms in total. The number of likely N-dealkylation sites (N-methyl/N-ethyl adjacent to an activating group) is 1. The molecule has 2 rings (SSSR count). The molecule has 0 radical (unpaired) electrons. The number of benzene rings is 1. The average molecular weight is 332 g/mol. The highest BCUT2D eigenvalue weighted by atomic mass is 16.5. The molecule has 0 N–H and O–H groups in total. The first kappa shape index (κ1) is 18.5. The largest absolute Gasteiger partial charge is 0.462 e. The number of amides is 1. The zero-order valence-electron chi connectivity index (χ0n) is 14.7. The first-order valence-corrected chi connectivity index (χ1v) is 8.70. The molecular weight excluding hydrogens is 304 g/mol. The lowest BCUT2D eigenvalue weighted by Crippen LogP contribution is -2.43. The Morgan fingerprint density at radius 2 is 1.83 bits per heavy atom. The van der Waals surface area contributed by atoms with Crippen molar-refractivity contribution in [3.05, 3.63) is 35.9 Å². The van der Waals surface area contributed by atoms with Crippen molar-refractivity contribution >= 4 is 11.9 Å². The monoisotopic (exact) mass is 332 g/mol. The lowest BCUT2D eigenvalue weighted by Gasteiger charge is -2.31. The van der Waals surface area contributed by atoms with Crippen molar-refractivity contribution in [2.75, 3.05) is 33.7 Å². The van der Waals surface area contributed by atoms with Crippen LogP contribution in [-0.2, 0) is 20.7 Å². The number of hydrogen-bond acceptors (Lipinski definition) is 4. The molecule has 1 aliphatic rings. The summed E-state index contributed by atoms with van der Waals surface area (Å²) in [6.45, 7) is 2.06. The van der Waals surface area contributed by atoms with Crippen LogP contribution in [0.1, 0.15) is 31.2 Å². The van der Waals surface area contributed by atoms with Crippen molar-refractivity contribution in [3.63, 3.8) is 0 Å². The number of carbonyl (C=O) groups excluding carboxylic acids is 2. The first-order valence-electron chi connectivity index (χ1n) is 8.70. The number of rotatable bonds is 7. The minimum Gasteiger partial charge on any atom is -0.462 e. The summed E-state index contributed by atoms with van der Waals surface area (Å²) in [5.41, 5.74) is 1.25. The second kappa shape index (κ2) is 9.42. The van der Waals surface area contributed by atoms with Gasteiger partial charge < -0.3 is 9.64 Å². The molecule has 1 saturated heterocycles. The van der Waals surface area contributed by atoms with E-state index in [0.29, 0.717) is 13.0 Å². The van der Waals surface area contributed by atoms with E-state index in [1.165, 1.54) is 5.56 Å². The Morgan fingerprint density at radius 1 is 1.17 bits per heavy atom. The number of esters is 1. The van der Waals surface area contributed by atoms with Gasteiger partial charge in [-0.1, -0.05) is 30.3 Å². The van der Waals surface area contributed by atoms with Gasteiger partial charge in [-0.3, -0.25) is 14.5 Å². The highest BCUT2D eigenvalue weighted by Gasteiger charge is 2.23. The van der Waals surface area contributed by atoms with Gasteiger partial charge in [0.1, 0.15) is 6.10 Å². The van der Waals surface area contributed by atoms with Crippen LogP contribution in [0.25, 0.3) is 0 Å². The smallest absolute Gasteiger partial charge is 0.306 e. The molecule has 0 atom stereocenters. The third-order valence-corrected chi connectivity index (χ3v) is 4.38. The van der Waals surface area contributed by atoms with Crippen LogP contribution in [0.4, 0.5) is 0 Å². The Kier molecular flexibility index (Phi) is 7.25. The maximum Gasteiger partial charge on any atom is 0.306 e. The summed E-state index contributed by atoms with van der Waals surface area (Å²) in [7, 11) is 3.54. The molecule has 24 heavy (non-hydrogen) atoms. The summed E-state index contributed by atoms with van der Waals surface area (Å²) in [5.74, 6) is 0.0140. The van der Waals surface area contributed by atoms with E-state index in [9.17, 15) is 9.59 Å². The molecule has 0 bridgehead atoms. The van der Waals surface area contributed by atoms with Gasteiger partial charge >= 0.3 is 5.97 Å². The van der Waals surface area contributed by atoms with E-state index in [2.05, 4.69) is 17.0 Å². The molecule has 0 unspecified atom stereocenters. The molecule has 1 aromatic rings. The van der Waals surface area contributed by atoms with E-state index in [1.54, 1.807) is 19.0 Å². The molecule has 1 heterocycles. The number of carbonyl (C=O) groups is 2. The molecule has 1 aliphatic heterocycles. The number of hydrogen-bond donors (Lipinski definition) is 0. The van der Waals surface area contributed by atoms with E-state index in [4.69, 9.17) is 4.74 Å². The van der Waals surface area contributed by atoms with Gasteiger partial charge in [-0.15, -0.1) is 0 Å². The summed E-state index contributed by atoms with van der Waals surface area (Å²) in [5, 5.41) is 0. The van der Waals surface area contributed by atoms with Gasteiger partial charge in [-0.25, -0.2) is 0 Å². The SMILES string of the molecule is CN(C)C(=O)CN1CCC(OC(=O)CCCc2ccccc2)CC1. The van der Waals surface area contributed by atoms with Gasteiger partial charge in [0.25, 0.3) is 0 Å². The predicted molar refractivity (Wildman–Crippen MR) is 93.6 cm³/mol. The molecule has 1 aromatic carbocycles. The topological polar surface area (TPSA) is 49.9 Å². The fourth-order valence-electron chi connectivity index (χ4n) is 2.84. The van der Waals surface area contributed by atoms with E-state index in [0.717, 1.165) is 38.8 Å². The zero-order chi connectivity index (χ0) is 17.4. The molecule has 0 aliphatic carbocycles. The molecule has 0 saturated carbocycles. The van der Waals surface area contributed by atoms with Crippen molar-refractivity contribution in [2.45, 2.75) is 38.2 Å². The number of aryl methyl sites for hydroxylation is 1. The molecular formula is C19H28N2O3. The van der Waals surface area contributed by atoms with Gasteiger partial charge in [-0.05, 0) is 31.2 Å².